The lowest BCUT2D eigenvalue weighted by Crippen LogP contribution is -2.38. The Hall–Kier alpha value is -3.16. The minimum Gasteiger partial charge on any atom is -0.354 e. The summed E-state index contributed by atoms with van der Waals surface area (Å²) in [5.41, 5.74) is 2.72. The summed E-state index contributed by atoms with van der Waals surface area (Å²) in [5.74, 6) is 1.20. The second kappa shape index (κ2) is 11.5. The summed E-state index contributed by atoms with van der Waals surface area (Å²) in [6.45, 7) is 2.84. The molecule has 0 saturated carbocycles. The second-order valence-corrected chi connectivity index (χ2v) is 10.5. The van der Waals surface area contributed by atoms with Crippen LogP contribution in [0, 0.1) is 5.92 Å². The van der Waals surface area contributed by atoms with Crippen molar-refractivity contribution in [1.82, 2.24) is 15.1 Å². The van der Waals surface area contributed by atoms with Crippen LogP contribution in [0.2, 0.25) is 10.0 Å². The number of likely N-dealkylation sites (tertiary alicyclic amines) is 1. The summed E-state index contributed by atoms with van der Waals surface area (Å²) in [5, 5.41) is 12.2. The van der Waals surface area contributed by atoms with E-state index in [-0.39, 0.29) is 24.2 Å². The molecule has 2 aliphatic heterocycles. The summed E-state index contributed by atoms with van der Waals surface area (Å²) in [7, 11) is 0. The Labute approximate surface area is 226 Å². The van der Waals surface area contributed by atoms with Crippen molar-refractivity contribution < 1.29 is 9.59 Å². The van der Waals surface area contributed by atoms with Gasteiger partial charge < -0.3 is 15.1 Å². The molecular weight excluding hydrogens is 509 g/mol. The molecule has 1 aromatic heterocycles. The molecule has 2 aliphatic rings. The van der Waals surface area contributed by atoms with Gasteiger partial charge in [-0.1, -0.05) is 41.4 Å². The zero-order valence-corrected chi connectivity index (χ0v) is 22.0. The van der Waals surface area contributed by atoms with Gasteiger partial charge in [0.05, 0.1) is 12.3 Å². The first kappa shape index (κ1) is 25.5. The summed E-state index contributed by atoms with van der Waals surface area (Å²) in [6, 6.07) is 17.2. The number of rotatable bonds is 6. The van der Waals surface area contributed by atoms with Crippen LogP contribution in [0.1, 0.15) is 36.3 Å². The Morgan fingerprint density at radius 2 is 1.65 bits per heavy atom. The predicted octanol–water partition coefficient (Wildman–Crippen LogP) is 5.20. The van der Waals surface area contributed by atoms with E-state index in [1.165, 1.54) is 5.56 Å². The summed E-state index contributed by atoms with van der Waals surface area (Å²) >= 11 is 12.5. The van der Waals surface area contributed by atoms with Gasteiger partial charge in [0.15, 0.2) is 5.82 Å². The molecule has 7 nitrogen and oxygen atoms in total. The first-order valence-electron chi connectivity index (χ1n) is 12.6. The smallest absolute Gasteiger partial charge is 0.229 e. The lowest BCUT2D eigenvalue weighted by Gasteiger charge is -2.32. The largest absolute Gasteiger partial charge is 0.354 e. The van der Waals surface area contributed by atoms with E-state index in [1.807, 2.05) is 29.2 Å². The molecule has 0 radical (unpaired) electrons. The van der Waals surface area contributed by atoms with Gasteiger partial charge in [0.25, 0.3) is 0 Å². The molecule has 5 rings (SSSR count). The second-order valence-electron chi connectivity index (χ2n) is 9.66. The third-order valence-corrected chi connectivity index (χ3v) is 8.04. The van der Waals surface area contributed by atoms with Gasteiger partial charge in [-0.3, -0.25) is 9.59 Å². The number of hydrogen-bond acceptors (Lipinski definition) is 5. The van der Waals surface area contributed by atoms with Crippen molar-refractivity contribution in [1.29, 1.82) is 0 Å². The highest BCUT2D eigenvalue weighted by Crippen LogP contribution is 2.31. The molecule has 0 bridgehead atoms. The fourth-order valence-corrected chi connectivity index (χ4v) is 5.68. The van der Waals surface area contributed by atoms with E-state index in [0.29, 0.717) is 41.2 Å². The monoisotopic (exact) mass is 537 g/mol. The predicted molar refractivity (Wildman–Crippen MR) is 146 cm³/mol. The zero-order valence-electron chi connectivity index (χ0n) is 20.4. The Morgan fingerprint density at radius 1 is 0.919 bits per heavy atom. The van der Waals surface area contributed by atoms with Crippen molar-refractivity contribution in [3.63, 3.8) is 0 Å². The molecule has 3 heterocycles. The van der Waals surface area contributed by atoms with Gasteiger partial charge >= 0.3 is 0 Å². The number of piperidine rings is 1. The maximum atomic E-state index is 12.8. The van der Waals surface area contributed by atoms with Crippen molar-refractivity contribution in [3.8, 4) is 0 Å². The van der Waals surface area contributed by atoms with Gasteiger partial charge in [-0.15, -0.1) is 5.10 Å². The standard InChI is InChI=1S/C28H29Cl2N5O2/c29-24-3-1-4-25(30)23(24)17-27(36)34-14-10-20(11-15-34)19-6-8-22(9-7-19)32-28(37)21-12-16-35(18-21)26-5-2-13-31-33-26/h1-9,13,20-21H,10-12,14-18H2,(H,32,37). The molecule has 1 unspecified atom stereocenters. The molecule has 1 atom stereocenters. The van der Waals surface area contributed by atoms with Crippen molar-refractivity contribution in [2.45, 2.75) is 31.6 Å². The number of anilines is 2. The molecule has 0 spiro atoms. The van der Waals surface area contributed by atoms with Crippen LogP contribution in [0.3, 0.4) is 0 Å². The third-order valence-electron chi connectivity index (χ3n) is 7.33. The number of carbonyl (C=O) groups excluding carboxylic acids is 2. The molecule has 1 N–H and O–H groups in total. The Bertz CT molecular complexity index is 1230. The third kappa shape index (κ3) is 6.05. The van der Waals surface area contributed by atoms with Gasteiger partial charge in [-0.2, -0.15) is 5.10 Å². The minimum absolute atomic E-state index is 0.0320. The number of nitrogens with zero attached hydrogens (tertiary/aromatic N) is 4. The summed E-state index contributed by atoms with van der Waals surface area (Å²) < 4.78 is 0. The maximum Gasteiger partial charge on any atom is 0.229 e. The highest BCUT2D eigenvalue weighted by molar-refractivity contribution is 6.36. The number of hydrogen-bond donors (Lipinski definition) is 1. The van der Waals surface area contributed by atoms with Crippen LogP contribution in [0.5, 0.6) is 0 Å². The summed E-state index contributed by atoms with van der Waals surface area (Å²) in [4.78, 5) is 29.7. The molecule has 2 fully saturated rings. The normalized spacial score (nSPS) is 18.2. The first-order chi connectivity index (χ1) is 18.0. The number of carbonyl (C=O) groups is 2. The molecule has 0 aliphatic carbocycles. The topological polar surface area (TPSA) is 78.4 Å². The molecule has 2 amide bonds. The molecule has 2 aromatic carbocycles. The zero-order chi connectivity index (χ0) is 25.8. The van der Waals surface area contributed by atoms with E-state index in [0.717, 1.165) is 37.3 Å². The van der Waals surface area contributed by atoms with Crippen LogP contribution in [0.25, 0.3) is 0 Å². The van der Waals surface area contributed by atoms with Crippen LogP contribution in [-0.4, -0.2) is 53.1 Å². The average Bonchev–Trinajstić information content (AvgIpc) is 3.43. The molecule has 37 heavy (non-hydrogen) atoms. The fourth-order valence-electron chi connectivity index (χ4n) is 5.15. The van der Waals surface area contributed by atoms with Crippen molar-refractivity contribution in [2.24, 2.45) is 5.92 Å². The van der Waals surface area contributed by atoms with Crippen LogP contribution in [-0.2, 0) is 16.0 Å². The Kier molecular flexibility index (Phi) is 7.91. The summed E-state index contributed by atoms with van der Waals surface area (Å²) in [6.07, 6.45) is 4.45. The Balaban J connectivity index is 1.10. The van der Waals surface area contributed by atoms with E-state index in [4.69, 9.17) is 23.2 Å². The first-order valence-corrected chi connectivity index (χ1v) is 13.4. The van der Waals surface area contributed by atoms with Crippen molar-refractivity contribution in [2.75, 3.05) is 36.4 Å². The molecule has 3 aromatic rings. The molecule has 2 saturated heterocycles. The number of amides is 2. The number of halogens is 2. The quantitative estimate of drug-likeness (QED) is 0.467. The highest BCUT2D eigenvalue weighted by Gasteiger charge is 2.29. The fraction of sp³-hybridized carbons (Fsp3) is 0.357. The average molecular weight is 538 g/mol. The van der Waals surface area contributed by atoms with Crippen molar-refractivity contribution >= 4 is 46.5 Å². The van der Waals surface area contributed by atoms with Crippen LogP contribution < -0.4 is 10.2 Å². The molecule has 9 heteroatoms. The minimum atomic E-state index is -0.0794. The number of aromatic nitrogens is 2. The van der Waals surface area contributed by atoms with Gasteiger partial charge in [0, 0.05) is 48.1 Å². The van der Waals surface area contributed by atoms with Crippen LogP contribution in [0.15, 0.2) is 60.8 Å². The number of benzene rings is 2. The number of nitrogens with one attached hydrogen (secondary N) is 1. The van der Waals surface area contributed by atoms with E-state index in [9.17, 15) is 9.59 Å². The SMILES string of the molecule is O=C(Nc1ccc(C2CCN(C(=O)Cc3c(Cl)cccc3Cl)CC2)cc1)C1CCN(c2cccnn2)C1. The lowest BCUT2D eigenvalue weighted by atomic mass is 9.89. The van der Waals surface area contributed by atoms with Crippen LogP contribution in [0.4, 0.5) is 11.5 Å². The van der Waals surface area contributed by atoms with E-state index < -0.39 is 0 Å². The maximum absolute atomic E-state index is 12.8. The van der Waals surface area contributed by atoms with Gasteiger partial charge in [0.2, 0.25) is 11.8 Å². The van der Waals surface area contributed by atoms with Gasteiger partial charge in [-0.05, 0) is 72.7 Å². The molecular formula is C28H29Cl2N5O2. The van der Waals surface area contributed by atoms with Crippen molar-refractivity contribution in [3.05, 3.63) is 82.0 Å². The van der Waals surface area contributed by atoms with E-state index in [1.54, 1.807) is 24.4 Å². The van der Waals surface area contributed by atoms with Crippen LogP contribution >= 0.6 is 23.2 Å². The highest BCUT2D eigenvalue weighted by atomic mass is 35.5. The lowest BCUT2D eigenvalue weighted by molar-refractivity contribution is -0.131. The van der Waals surface area contributed by atoms with Gasteiger partial charge in [-0.25, -0.2) is 0 Å². The molecule has 192 valence electrons. The van der Waals surface area contributed by atoms with Gasteiger partial charge in [0.1, 0.15) is 0 Å². The Morgan fingerprint density at radius 3 is 2.32 bits per heavy atom. The van der Waals surface area contributed by atoms with E-state index >= 15 is 0 Å². The van der Waals surface area contributed by atoms with E-state index in [2.05, 4.69) is 32.5 Å².